The third-order valence-corrected chi connectivity index (χ3v) is 0.1000. The van der Waals surface area contributed by atoms with E-state index in [0.717, 1.165) is 0 Å². The Morgan fingerprint density at radius 1 is 0.667 bits per heavy atom. The normalized spacial score (nSPS) is 3.08. The Bertz CT molecular complexity index is 19.0. The van der Waals surface area contributed by atoms with Gasteiger partial charge < -0.3 is 43.1 Å². The van der Waals surface area contributed by atoms with Gasteiger partial charge in [0, 0.05) is 0 Å². The topological polar surface area (TPSA) is 229 Å². The molecule has 0 heterocycles. The molecule has 0 aromatic rings. The molecule has 0 saturated heterocycles. The molecule has 12 heavy (non-hydrogen) atoms. The molecule has 92 valence electrons. The van der Waals surface area contributed by atoms with E-state index in [-0.39, 0.29) is 46.1 Å². The van der Waals surface area contributed by atoms with Gasteiger partial charge in [0.25, 0.3) is 0 Å². The van der Waals surface area contributed by atoms with Crippen LogP contribution in [-0.4, -0.2) is 56.3 Å². The van der Waals surface area contributed by atoms with E-state index in [4.69, 9.17) is 10.2 Å². The summed E-state index contributed by atoms with van der Waals surface area (Å²) in [4.78, 5) is 0. The molecule has 0 spiro atoms. The molecule has 0 aromatic heterocycles. The zero-order valence-corrected chi connectivity index (χ0v) is 8.91. The average Bonchev–Trinajstić information content (AvgIpc) is 1.72. The van der Waals surface area contributed by atoms with E-state index in [0.29, 0.717) is 0 Å². The first-order valence-corrected chi connectivity index (χ1v) is 3.93. The summed E-state index contributed by atoms with van der Waals surface area (Å²) in [6.07, 6.45) is 0. The molecule has 0 atom stereocenters. The van der Waals surface area contributed by atoms with Crippen LogP contribution in [0.4, 0.5) is 0 Å². The van der Waals surface area contributed by atoms with Crippen LogP contribution in [0.5, 0.6) is 0 Å². The monoisotopic (exact) mass is 402 g/mol. The van der Waals surface area contributed by atoms with Crippen LogP contribution >= 0.6 is 9.19 Å². The summed E-state index contributed by atoms with van der Waals surface area (Å²) in [5.74, 6) is 0. The van der Waals surface area contributed by atoms with Crippen molar-refractivity contribution in [1.29, 1.82) is 0 Å². The molecule has 0 aromatic carbocycles. The SMILES string of the molecule is O.O.O.O.O.O.OCCO.[Cl][Au]. The fraction of sp³-hybridized carbons (Fsp3) is 1.00. The van der Waals surface area contributed by atoms with Crippen LogP contribution in [0.2, 0.25) is 0 Å². The Kier molecular flexibility index (Phi) is 1200. The van der Waals surface area contributed by atoms with E-state index in [9.17, 15) is 0 Å². The van der Waals surface area contributed by atoms with Gasteiger partial charge in [-0.1, -0.05) is 0 Å². The van der Waals surface area contributed by atoms with Crippen molar-refractivity contribution in [2.75, 3.05) is 13.2 Å². The average molecular weight is 403 g/mol. The Morgan fingerprint density at radius 3 is 0.750 bits per heavy atom. The zero-order valence-electron chi connectivity index (χ0n) is 5.99. The van der Waals surface area contributed by atoms with Crippen molar-refractivity contribution >= 4 is 9.19 Å². The molecule has 8 nitrogen and oxygen atoms in total. The maximum absolute atomic E-state index is 7.62. The summed E-state index contributed by atoms with van der Waals surface area (Å²) < 4.78 is 0. The van der Waals surface area contributed by atoms with Gasteiger partial charge >= 0.3 is 29.2 Å². The van der Waals surface area contributed by atoms with Crippen molar-refractivity contribution in [1.82, 2.24) is 0 Å². The minimum absolute atomic E-state index is 0. The van der Waals surface area contributed by atoms with Gasteiger partial charge in [-0.3, -0.25) is 0 Å². The molecule has 0 bridgehead atoms. The number of hydrogen-bond donors (Lipinski definition) is 2. The minimum atomic E-state index is -0.125. The summed E-state index contributed by atoms with van der Waals surface area (Å²) in [5, 5.41) is 15.2. The van der Waals surface area contributed by atoms with Crippen LogP contribution in [0.15, 0.2) is 0 Å². The molecule has 0 unspecified atom stereocenters. The first kappa shape index (κ1) is 78.6. The van der Waals surface area contributed by atoms with Crippen LogP contribution in [0.3, 0.4) is 0 Å². The molecule has 14 N–H and O–H groups in total. The number of aliphatic hydroxyl groups is 2. The van der Waals surface area contributed by atoms with Gasteiger partial charge in [0.05, 0.1) is 13.2 Å². The van der Waals surface area contributed by atoms with Gasteiger partial charge in [-0.25, -0.2) is 0 Å². The van der Waals surface area contributed by atoms with Gasteiger partial charge in [0.1, 0.15) is 0 Å². The molecule has 0 aliphatic rings. The number of rotatable bonds is 1. The Hall–Kier alpha value is 0.710. The Labute approximate surface area is 85.8 Å². The van der Waals surface area contributed by atoms with E-state index in [2.05, 4.69) is 9.19 Å². The first-order chi connectivity index (χ1) is 2.91. The van der Waals surface area contributed by atoms with Gasteiger partial charge in [0.15, 0.2) is 0 Å². The zero-order chi connectivity index (χ0) is 5.41. The molecule has 0 radical (unpaired) electrons. The summed E-state index contributed by atoms with van der Waals surface area (Å²) >= 11 is 1.75. The summed E-state index contributed by atoms with van der Waals surface area (Å²) in [6, 6.07) is 0. The van der Waals surface area contributed by atoms with Crippen LogP contribution < -0.4 is 0 Å². The van der Waals surface area contributed by atoms with Crippen molar-refractivity contribution in [3.05, 3.63) is 0 Å². The molecule has 0 aliphatic heterocycles. The first-order valence-electron chi connectivity index (χ1n) is 1.25. The van der Waals surface area contributed by atoms with E-state index < -0.39 is 0 Å². The summed E-state index contributed by atoms with van der Waals surface area (Å²) in [5.41, 5.74) is 0. The number of aliphatic hydroxyl groups excluding tert-OH is 2. The van der Waals surface area contributed by atoms with Crippen molar-refractivity contribution in [2.24, 2.45) is 0 Å². The molecular weight excluding hydrogens is 384 g/mol. The third kappa shape index (κ3) is 345. The Balaban J connectivity index is -0.00000000317. The predicted octanol–water partition coefficient (Wildman–Crippen LogP) is -5.29. The van der Waals surface area contributed by atoms with E-state index in [1.807, 2.05) is 0 Å². The standard InChI is InChI=1S/C2H6O2.Au.ClH.6H2O/c3-1-2-4;;;;;;;;/h3-4H,1-2H2;;1H;6*1H2/q;+1;;;;;;;/p-1. The predicted molar refractivity (Wildman–Crippen MR) is 41.7 cm³/mol. The molecule has 0 rings (SSSR count). The number of hydrogen-bond acceptors (Lipinski definition) is 2. The van der Waals surface area contributed by atoms with Crippen molar-refractivity contribution < 1.29 is 63.1 Å². The second kappa shape index (κ2) is 183. The van der Waals surface area contributed by atoms with Crippen molar-refractivity contribution in [3.63, 3.8) is 0 Å². The fourth-order valence-corrected chi connectivity index (χ4v) is 0. The maximum atomic E-state index is 7.62. The fourth-order valence-electron chi connectivity index (χ4n) is 0. The third-order valence-electron chi connectivity index (χ3n) is 0.1000. The van der Waals surface area contributed by atoms with Crippen molar-refractivity contribution in [3.8, 4) is 0 Å². The van der Waals surface area contributed by atoms with E-state index >= 15 is 0 Å². The Morgan fingerprint density at radius 2 is 0.750 bits per heavy atom. The van der Waals surface area contributed by atoms with Crippen LogP contribution in [-0.2, 0) is 20.0 Å². The molecule has 10 heteroatoms. The van der Waals surface area contributed by atoms with Crippen molar-refractivity contribution in [2.45, 2.75) is 0 Å². The molecule has 0 aliphatic carbocycles. The van der Waals surface area contributed by atoms with Crippen LogP contribution in [0, 0.1) is 0 Å². The second-order valence-corrected chi connectivity index (χ2v) is 0.447. The van der Waals surface area contributed by atoms with Gasteiger partial charge in [-0.2, -0.15) is 0 Å². The van der Waals surface area contributed by atoms with Gasteiger partial charge in [0.2, 0.25) is 0 Å². The molecule has 0 fully saturated rings. The van der Waals surface area contributed by atoms with Crippen LogP contribution in [0.1, 0.15) is 0 Å². The van der Waals surface area contributed by atoms with Crippen LogP contribution in [0.25, 0.3) is 0 Å². The quantitative estimate of drug-likeness (QED) is 0.409. The summed E-state index contributed by atoms with van der Waals surface area (Å²) in [6.45, 7) is -0.250. The molecule has 0 saturated carbocycles. The second-order valence-electron chi connectivity index (χ2n) is 0.447. The van der Waals surface area contributed by atoms with Gasteiger partial charge in [-0.15, -0.1) is 0 Å². The van der Waals surface area contributed by atoms with E-state index in [1.165, 1.54) is 0 Å². The molecule has 0 amide bonds. The van der Waals surface area contributed by atoms with E-state index in [1.54, 1.807) is 20.0 Å². The van der Waals surface area contributed by atoms with Gasteiger partial charge in [-0.05, 0) is 0 Å². The summed E-state index contributed by atoms with van der Waals surface area (Å²) in [7, 11) is 4.58. The molecular formula is C2H18AuClO8. The number of halogens is 1.